The summed E-state index contributed by atoms with van der Waals surface area (Å²) in [6.45, 7) is 7.14. The molecule has 3 aromatic rings. The van der Waals surface area contributed by atoms with Gasteiger partial charge in [-0.3, -0.25) is 4.79 Å². The largest absolute Gasteiger partial charge is 0.347 e. The Labute approximate surface area is 133 Å². The Morgan fingerprint density at radius 2 is 2.05 bits per heavy atom. The number of aromatic nitrogens is 1. The topological polar surface area (TPSA) is 34.0 Å². The van der Waals surface area contributed by atoms with Gasteiger partial charge in [0.05, 0.1) is 10.2 Å². The second kappa shape index (κ2) is 6.20. The minimum Gasteiger partial charge on any atom is -0.347 e. The molecule has 0 aliphatic carbocycles. The van der Waals surface area contributed by atoms with Crippen LogP contribution in [0.5, 0.6) is 0 Å². The third kappa shape index (κ3) is 2.97. The molecule has 0 aliphatic heterocycles. The van der Waals surface area contributed by atoms with E-state index in [0.29, 0.717) is 18.8 Å². The van der Waals surface area contributed by atoms with E-state index in [1.807, 2.05) is 53.3 Å². The highest BCUT2D eigenvalue weighted by atomic mass is 32.1. The zero-order chi connectivity index (χ0) is 15.5. The minimum atomic E-state index is -0.0477. The third-order valence-electron chi connectivity index (χ3n) is 3.48. The van der Waals surface area contributed by atoms with Gasteiger partial charge in [-0.05, 0) is 30.0 Å². The van der Waals surface area contributed by atoms with Crippen molar-refractivity contribution in [3.05, 3.63) is 71.3 Å². The van der Waals surface area contributed by atoms with Crippen LogP contribution in [0.4, 0.5) is 0 Å². The SMILES string of the molecule is C=C(C)Cn1c(C(=O)NCc2ccccc2)cc2sccc21. The highest BCUT2D eigenvalue weighted by Crippen LogP contribution is 2.26. The summed E-state index contributed by atoms with van der Waals surface area (Å²) in [4.78, 5) is 12.5. The zero-order valence-corrected chi connectivity index (χ0v) is 13.3. The van der Waals surface area contributed by atoms with Crippen molar-refractivity contribution in [2.75, 3.05) is 0 Å². The lowest BCUT2D eigenvalue weighted by Crippen LogP contribution is -2.25. The number of nitrogens with zero attached hydrogens (tertiary/aromatic N) is 1. The fraction of sp³-hybridized carbons (Fsp3) is 0.167. The molecule has 1 aromatic carbocycles. The van der Waals surface area contributed by atoms with Gasteiger partial charge in [-0.2, -0.15) is 0 Å². The van der Waals surface area contributed by atoms with Crippen molar-refractivity contribution in [3.63, 3.8) is 0 Å². The Bertz CT molecular complexity index is 814. The number of benzene rings is 1. The average molecular weight is 310 g/mol. The molecule has 3 nitrogen and oxygen atoms in total. The van der Waals surface area contributed by atoms with Crippen LogP contribution in [0, 0.1) is 0 Å². The van der Waals surface area contributed by atoms with E-state index in [9.17, 15) is 4.79 Å². The number of carbonyl (C=O) groups is 1. The van der Waals surface area contributed by atoms with Crippen molar-refractivity contribution in [2.24, 2.45) is 0 Å². The Balaban J connectivity index is 1.83. The molecule has 0 unspecified atom stereocenters. The van der Waals surface area contributed by atoms with E-state index < -0.39 is 0 Å². The standard InChI is InChI=1S/C18H18N2OS/c1-13(2)12-20-15-8-9-22-17(15)10-16(20)18(21)19-11-14-6-4-3-5-7-14/h3-10H,1,11-12H2,2H3,(H,19,21). The minimum absolute atomic E-state index is 0.0477. The van der Waals surface area contributed by atoms with Crippen molar-refractivity contribution < 1.29 is 4.79 Å². The molecule has 0 aliphatic rings. The first-order valence-electron chi connectivity index (χ1n) is 7.18. The van der Waals surface area contributed by atoms with Crippen LogP contribution >= 0.6 is 11.3 Å². The lowest BCUT2D eigenvalue weighted by Gasteiger charge is -2.10. The van der Waals surface area contributed by atoms with Crippen LogP contribution in [0.1, 0.15) is 23.0 Å². The molecule has 2 aromatic heterocycles. The van der Waals surface area contributed by atoms with Gasteiger partial charge in [0.1, 0.15) is 5.69 Å². The molecule has 1 amide bonds. The first kappa shape index (κ1) is 14.6. The Kier molecular flexibility index (Phi) is 4.11. The summed E-state index contributed by atoms with van der Waals surface area (Å²) in [6.07, 6.45) is 0. The van der Waals surface area contributed by atoms with Crippen molar-refractivity contribution in [1.82, 2.24) is 9.88 Å². The van der Waals surface area contributed by atoms with Gasteiger partial charge >= 0.3 is 0 Å². The second-order valence-corrected chi connectivity index (χ2v) is 6.36. The fourth-order valence-electron chi connectivity index (χ4n) is 2.47. The Hall–Kier alpha value is -2.33. The molecular weight excluding hydrogens is 292 g/mol. The van der Waals surface area contributed by atoms with Gasteiger partial charge in [0, 0.05) is 13.1 Å². The van der Waals surface area contributed by atoms with Gasteiger partial charge in [-0.15, -0.1) is 11.3 Å². The monoisotopic (exact) mass is 310 g/mol. The van der Waals surface area contributed by atoms with Crippen LogP contribution in [-0.4, -0.2) is 10.5 Å². The van der Waals surface area contributed by atoms with E-state index in [1.165, 1.54) is 0 Å². The summed E-state index contributed by atoms with van der Waals surface area (Å²) < 4.78 is 3.17. The number of amides is 1. The molecule has 112 valence electrons. The van der Waals surface area contributed by atoms with Gasteiger partial charge in [0.25, 0.3) is 5.91 Å². The number of nitrogens with one attached hydrogen (secondary N) is 1. The van der Waals surface area contributed by atoms with E-state index in [0.717, 1.165) is 21.4 Å². The lowest BCUT2D eigenvalue weighted by atomic mass is 10.2. The van der Waals surface area contributed by atoms with Crippen molar-refractivity contribution >= 4 is 27.5 Å². The van der Waals surface area contributed by atoms with E-state index in [4.69, 9.17) is 0 Å². The molecule has 0 spiro atoms. The van der Waals surface area contributed by atoms with Crippen LogP contribution in [0.25, 0.3) is 10.2 Å². The Morgan fingerprint density at radius 3 is 2.77 bits per heavy atom. The molecule has 1 N–H and O–H groups in total. The number of rotatable bonds is 5. The second-order valence-electron chi connectivity index (χ2n) is 5.41. The van der Waals surface area contributed by atoms with Crippen molar-refractivity contribution in [2.45, 2.75) is 20.0 Å². The highest BCUT2D eigenvalue weighted by Gasteiger charge is 2.16. The van der Waals surface area contributed by atoms with Crippen LogP contribution in [0.2, 0.25) is 0 Å². The normalized spacial score (nSPS) is 10.8. The molecule has 3 rings (SSSR count). The quantitative estimate of drug-likeness (QED) is 0.704. The number of allylic oxidation sites excluding steroid dienone is 1. The van der Waals surface area contributed by atoms with E-state index >= 15 is 0 Å². The molecule has 4 heteroatoms. The summed E-state index contributed by atoms with van der Waals surface area (Å²) in [5.74, 6) is -0.0477. The predicted octanol–water partition coefficient (Wildman–Crippen LogP) is 4.21. The number of carbonyl (C=O) groups excluding carboxylic acids is 1. The summed E-state index contributed by atoms with van der Waals surface area (Å²) in [7, 11) is 0. The number of thiophene rings is 1. The molecule has 2 heterocycles. The van der Waals surface area contributed by atoms with Gasteiger partial charge in [0.15, 0.2) is 0 Å². The lowest BCUT2D eigenvalue weighted by molar-refractivity contribution is 0.0942. The maximum absolute atomic E-state index is 12.5. The summed E-state index contributed by atoms with van der Waals surface area (Å²) in [5, 5.41) is 5.04. The third-order valence-corrected chi connectivity index (χ3v) is 4.33. The van der Waals surface area contributed by atoms with Crippen LogP contribution < -0.4 is 5.32 Å². The average Bonchev–Trinajstić information content (AvgIpc) is 3.08. The number of fused-ring (bicyclic) bond motifs is 1. The van der Waals surface area contributed by atoms with Gasteiger partial charge < -0.3 is 9.88 Å². The van der Waals surface area contributed by atoms with Crippen molar-refractivity contribution in [3.8, 4) is 0 Å². The summed E-state index contributed by atoms with van der Waals surface area (Å²) in [5.41, 5.74) is 3.91. The molecule has 0 saturated carbocycles. The first-order chi connectivity index (χ1) is 10.6. The molecule has 0 saturated heterocycles. The van der Waals surface area contributed by atoms with Crippen molar-refractivity contribution in [1.29, 1.82) is 0 Å². The fourth-order valence-corrected chi connectivity index (χ4v) is 3.30. The molecule has 22 heavy (non-hydrogen) atoms. The van der Waals surface area contributed by atoms with E-state index in [1.54, 1.807) is 11.3 Å². The Morgan fingerprint density at radius 1 is 1.27 bits per heavy atom. The van der Waals surface area contributed by atoms with Gasteiger partial charge in [0.2, 0.25) is 0 Å². The number of hydrogen-bond acceptors (Lipinski definition) is 2. The molecular formula is C18H18N2OS. The molecule has 0 radical (unpaired) electrons. The van der Waals surface area contributed by atoms with Crippen LogP contribution in [-0.2, 0) is 13.1 Å². The number of hydrogen-bond donors (Lipinski definition) is 1. The zero-order valence-electron chi connectivity index (χ0n) is 12.5. The molecule has 0 atom stereocenters. The van der Waals surface area contributed by atoms with E-state index in [2.05, 4.69) is 18.0 Å². The first-order valence-corrected chi connectivity index (χ1v) is 8.06. The smallest absolute Gasteiger partial charge is 0.268 e. The van der Waals surface area contributed by atoms with Crippen LogP contribution in [0.3, 0.4) is 0 Å². The van der Waals surface area contributed by atoms with Gasteiger partial charge in [-0.1, -0.05) is 42.5 Å². The molecule has 0 bridgehead atoms. The van der Waals surface area contributed by atoms with E-state index in [-0.39, 0.29) is 5.91 Å². The predicted molar refractivity (Wildman–Crippen MR) is 92.2 cm³/mol. The van der Waals surface area contributed by atoms with Gasteiger partial charge in [-0.25, -0.2) is 0 Å². The maximum atomic E-state index is 12.5. The summed E-state index contributed by atoms with van der Waals surface area (Å²) >= 11 is 1.65. The maximum Gasteiger partial charge on any atom is 0.268 e. The van der Waals surface area contributed by atoms with Crippen LogP contribution in [0.15, 0.2) is 60.0 Å². The molecule has 0 fully saturated rings. The highest BCUT2D eigenvalue weighted by molar-refractivity contribution is 7.17. The summed E-state index contributed by atoms with van der Waals surface area (Å²) in [6, 6.07) is 13.9.